The maximum Gasteiger partial charge on any atom is 0.330 e. The van der Waals surface area contributed by atoms with Crippen molar-refractivity contribution in [3.05, 3.63) is 20.8 Å². The number of nitrogen functional groups attached to an aromatic ring is 1. The Balaban J connectivity index is 2.40. The highest BCUT2D eigenvalue weighted by atomic mass is 16.5. The number of likely N-dealkylation sites (N-methyl/N-ethyl adjacent to an activating group) is 1. The average Bonchev–Trinajstić information content (AvgIpc) is 3.29. The maximum absolute atomic E-state index is 13.5. The zero-order valence-electron chi connectivity index (χ0n) is 19.7. The number of methoxy groups -OCH3 is 1. The van der Waals surface area contributed by atoms with E-state index >= 15 is 0 Å². The molecule has 0 saturated heterocycles. The molecule has 1 aromatic rings. The smallest absolute Gasteiger partial charge is 0.330 e. The first kappa shape index (κ1) is 25.6. The minimum atomic E-state index is -0.647. The van der Waals surface area contributed by atoms with Crippen LogP contribution < -0.4 is 21.9 Å². The van der Waals surface area contributed by atoms with E-state index in [0.29, 0.717) is 19.6 Å². The molecule has 1 unspecified atom stereocenters. The summed E-state index contributed by atoms with van der Waals surface area (Å²) in [5.74, 6) is -0.975. The molecule has 0 aliphatic heterocycles. The fourth-order valence-corrected chi connectivity index (χ4v) is 4.26. The Bertz CT molecular complexity index is 903. The number of aromatic nitrogens is 2. The van der Waals surface area contributed by atoms with E-state index in [4.69, 9.17) is 10.5 Å². The number of nitrogens with zero attached hydrogens (tertiary/aromatic N) is 3. The Morgan fingerprint density at radius 2 is 1.91 bits per heavy atom. The van der Waals surface area contributed by atoms with Crippen molar-refractivity contribution >= 4 is 23.4 Å². The van der Waals surface area contributed by atoms with Crippen LogP contribution in [0.3, 0.4) is 0 Å². The number of nitrogens with one attached hydrogen (secondary N) is 1. The Morgan fingerprint density at radius 3 is 2.47 bits per heavy atom. The van der Waals surface area contributed by atoms with Gasteiger partial charge in [0, 0.05) is 19.1 Å². The first-order valence-corrected chi connectivity index (χ1v) is 11.5. The number of aromatic amines is 1. The average molecular weight is 452 g/mol. The second-order valence-electron chi connectivity index (χ2n) is 8.45. The normalized spacial score (nSPS) is 15.2. The summed E-state index contributed by atoms with van der Waals surface area (Å²) in [6.45, 7) is 6.96. The lowest BCUT2D eigenvalue weighted by molar-refractivity contribution is -0.145. The summed E-state index contributed by atoms with van der Waals surface area (Å²) in [5.41, 5.74) is 5.15. The Kier molecular flexibility index (Phi) is 9.49. The summed E-state index contributed by atoms with van der Waals surface area (Å²) in [4.78, 5) is 56.2. The largest absolute Gasteiger partial charge is 0.469 e. The van der Waals surface area contributed by atoms with Crippen molar-refractivity contribution in [2.24, 2.45) is 5.92 Å². The molecule has 1 saturated carbocycles. The summed E-state index contributed by atoms with van der Waals surface area (Å²) in [7, 11) is 1.34. The number of carbonyl (C=O) groups excluding carboxylic acids is 2. The molecule has 10 heteroatoms. The third-order valence-corrected chi connectivity index (χ3v) is 6.09. The predicted molar refractivity (Wildman–Crippen MR) is 124 cm³/mol. The number of amides is 1. The Morgan fingerprint density at radius 1 is 1.25 bits per heavy atom. The van der Waals surface area contributed by atoms with Gasteiger partial charge in [0.05, 0.1) is 19.6 Å². The summed E-state index contributed by atoms with van der Waals surface area (Å²) in [5, 5.41) is 0. The van der Waals surface area contributed by atoms with E-state index in [2.05, 4.69) is 4.98 Å². The highest BCUT2D eigenvalue weighted by Gasteiger charge is 2.33. The second kappa shape index (κ2) is 11.8. The number of hydrogen-bond donors (Lipinski definition) is 2. The van der Waals surface area contributed by atoms with E-state index in [1.54, 1.807) is 6.92 Å². The van der Waals surface area contributed by atoms with Gasteiger partial charge in [-0.2, -0.15) is 0 Å². The molecule has 2 rings (SSSR count). The molecule has 0 radical (unpaired) electrons. The lowest BCUT2D eigenvalue weighted by Gasteiger charge is -2.32. The summed E-state index contributed by atoms with van der Waals surface area (Å²) >= 11 is 0. The molecule has 1 fully saturated rings. The van der Waals surface area contributed by atoms with Gasteiger partial charge in [-0.05, 0) is 25.8 Å². The number of H-pyrrole nitrogens is 1. The van der Waals surface area contributed by atoms with Crippen molar-refractivity contribution in [1.29, 1.82) is 0 Å². The molecule has 1 aliphatic rings. The molecule has 1 amide bonds. The van der Waals surface area contributed by atoms with Crippen molar-refractivity contribution in [1.82, 2.24) is 14.5 Å². The van der Waals surface area contributed by atoms with Crippen LogP contribution in [0.25, 0.3) is 0 Å². The quantitative estimate of drug-likeness (QED) is 0.485. The molecule has 180 valence electrons. The minimum absolute atomic E-state index is 0.0263. The first-order chi connectivity index (χ1) is 15.2. The van der Waals surface area contributed by atoms with Crippen molar-refractivity contribution < 1.29 is 14.3 Å². The lowest BCUT2D eigenvalue weighted by atomic mass is 10.1. The number of ether oxygens (including phenoxy) is 1. The Hall–Kier alpha value is -2.62. The third-order valence-electron chi connectivity index (χ3n) is 6.09. The van der Waals surface area contributed by atoms with Gasteiger partial charge in [0.1, 0.15) is 5.82 Å². The molecule has 1 aliphatic carbocycles. The van der Waals surface area contributed by atoms with Gasteiger partial charge in [-0.1, -0.05) is 40.0 Å². The van der Waals surface area contributed by atoms with Gasteiger partial charge >= 0.3 is 11.7 Å². The van der Waals surface area contributed by atoms with Gasteiger partial charge in [-0.3, -0.25) is 28.8 Å². The number of rotatable bonds is 11. The van der Waals surface area contributed by atoms with Crippen LogP contribution in [0, 0.1) is 5.92 Å². The lowest BCUT2D eigenvalue weighted by Crippen LogP contribution is -2.49. The molecule has 10 nitrogen and oxygen atoms in total. The number of unbranched alkanes of at least 4 members (excludes halogenated alkanes) is 1. The van der Waals surface area contributed by atoms with Gasteiger partial charge in [0.2, 0.25) is 5.91 Å². The number of hydrogen-bond acceptors (Lipinski definition) is 7. The molecular weight excluding hydrogens is 414 g/mol. The standard InChI is InChI=1S/C22H37N5O5/c1-5-7-12-26-19(23)18(20(29)24-22(26)31)27(16-10-8-9-11-16)17(28)14-25(6-2)13-15(3)21(30)32-4/h15-16H,5-14,23H2,1-4H3,(H,24,29,31). The monoisotopic (exact) mass is 451 g/mol. The molecule has 3 N–H and O–H groups in total. The van der Waals surface area contributed by atoms with Crippen LogP contribution in [-0.4, -0.2) is 59.1 Å². The van der Waals surface area contributed by atoms with Crippen LogP contribution in [0.2, 0.25) is 0 Å². The van der Waals surface area contributed by atoms with Crippen LogP contribution >= 0.6 is 0 Å². The van der Waals surface area contributed by atoms with Crippen LogP contribution in [0.1, 0.15) is 59.3 Å². The predicted octanol–water partition coefficient (Wildman–Crippen LogP) is 1.33. The maximum atomic E-state index is 13.5. The van der Waals surface area contributed by atoms with E-state index < -0.39 is 17.2 Å². The number of anilines is 2. The topological polar surface area (TPSA) is 131 Å². The molecule has 0 bridgehead atoms. The van der Waals surface area contributed by atoms with E-state index in [-0.39, 0.29) is 36.0 Å². The van der Waals surface area contributed by atoms with E-state index in [9.17, 15) is 19.2 Å². The third kappa shape index (κ3) is 5.99. The zero-order chi connectivity index (χ0) is 23.8. The van der Waals surface area contributed by atoms with Crippen LogP contribution in [0.4, 0.5) is 11.5 Å². The number of esters is 1. The van der Waals surface area contributed by atoms with Gasteiger partial charge in [-0.15, -0.1) is 0 Å². The van der Waals surface area contributed by atoms with Crippen molar-refractivity contribution in [2.45, 2.75) is 71.9 Å². The van der Waals surface area contributed by atoms with Gasteiger partial charge in [-0.25, -0.2) is 4.79 Å². The summed E-state index contributed by atoms with van der Waals surface area (Å²) in [6.07, 6.45) is 5.03. The second-order valence-corrected chi connectivity index (χ2v) is 8.45. The van der Waals surface area contributed by atoms with E-state index in [0.717, 1.165) is 38.5 Å². The molecule has 1 heterocycles. The van der Waals surface area contributed by atoms with Crippen molar-refractivity contribution in [3.8, 4) is 0 Å². The Labute approximate surface area is 188 Å². The molecule has 1 atom stereocenters. The molecule has 0 aromatic carbocycles. The fraction of sp³-hybridized carbons (Fsp3) is 0.727. The van der Waals surface area contributed by atoms with Crippen LogP contribution in [-0.2, 0) is 20.9 Å². The number of nitrogens with two attached hydrogens (primary N) is 1. The molecule has 1 aromatic heterocycles. The first-order valence-electron chi connectivity index (χ1n) is 11.5. The molecule has 32 heavy (non-hydrogen) atoms. The molecular formula is C22H37N5O5. The minimum Gasteiger partial charge on any atom is -0.469 e. The van der Waals surface area contributed by atoms with E-state index in [1.807, 2.05) is 18.7 Å². The van der Waals surface area contributed by atoms with Crippen LogP contribution in [0.15, 0.2) is 9.59 Å². The van der Waals surface area contributed by atoms with E-state index in [1.165, 1.54) is 16.6 Å². The highest BCUT2D eigenvalue weighted by molar-refractivity contribution is 5.97. The fourth-order valence-electron chi connectivity index (χ4n) is 4.26. The van der Waals surface area contributed by atoms with Gasteiger partial charge in [0.15, 0.2) is 5.69 Å². The summed E-state index contributed by atoms with van der Waals surface area (Å²) in [6, 6.07) is -0.153. The van der Waals surface area contributed by atoms with Crippen LogP contribution in [0.5, 0.6) is 0 Å². The van der Waals surface area contributed by atoms with Crippen molar-refractivity contribution in [3.63, 3.8) is 0 Å². The molecule has 0 spiro atoms. The summed E-state index contributed by atoms with van der Waals surface area (Å²) < 4.78 is 6.13. The van der Waals surface area contributed by atoms with Gasteiger partial charge in [0.25, 0.3) is 5.56 Å². The SMILES string of the molecule is CCCCn1c(N)c(N(C(=O)CN(CC)CC(C)C(=O)OC)C2CCCC2)c(=O)[nH]c1=O. The van der Waals surface area contributed by atoms with Crippen molar-refractivity contribution in [2.75, 3.05) is 37.4 Å². The zero-order valence-corrected chi connectivity index (χ0v) is 19.7. The van der Waals surface area contributed by atoms with Gasteiger partial charge < -0.3 is 15.4 Å². The highest BCUT2D eigenvalue weighted by Crippen LogP contribution is 2.29. The number of carbonyl (C=O) groups is 2.